The third-order valence-electron chi connectivity index (χ3n) is 1.98. The molecule has 1 aromatic heterocycles. The minimum absolute atomic E-state index is 0.0653. The van der Waals surface area contributed by atoms with Crippen LogP contribution in [0.3, 0.4) is 0 Å². The standard InChI is InChI=1S/C9H14N4O4/c1-3-4-10-8(14)6-12-5-7(13(15)16)9(11-12)17-2/h5H,3-4,6H2,1-2H3,(H,10,14). The SMILES string of the molecule is CCCNC(=O)Cn1cc([N+](=O)[O-])c(OC)n1. The molecule has 0 fully saturated rings. The summed E-state index contributed by atoms with van der Waals surface area (Å²) in [5, 5.41) is 17.1. The minimum Gasteiger partial charge on any atom is -0.475 e. The van der Waals surface area contributed by atoms with Gasteiger partial charge in [-0.25, -0.2) is 0 Å². The molecule has 17 heavy (non-hydrogen) atoms. The summed E-state index contributed by atoms with van der Waals surface area (Å²) in [5.41, 5.74) is -0.254. The molecule has 94 valence electrons. The molecule has 8 heteroatoms. The summed E-state index contributed by atoms with van der Waals surface area (Å²) in [6, 6.07) is 0. The van der Waals surface area contributed by atoms with Crippen molar-refractivity contribution in [1.82, 2.24) is 15.1 Å². The predicted molar refractivity (Wildman–Crippen MR) is 58.7 cm³/mol. The molecule has 0 unspecified atom stereocenters. The molecular weight excluding hydrogens is 228 g/mol. The summed E-state index contributed by atoms with van der Waals surface area (Å²) in [6.45, 7) is 2.44. The maximum absolute atomic E-state index is 11.4. The molecule has 0 aromatic carbocycles. The van der Waals surface area contributed by atoms with Crippen LogP contribution in [0.1, 0.15) is 13.3 Å². The second kappa shape index (κ2) is 5.83. The summed E-state index contributed by atoms with van der Waals surface area (Å²) in [5.74, 6) is -0.342. The number of methoxy groups -OCH3 is 1. The van der Waals surface area contributed by atoms with Crippen LogP contribution in [0, 0.1) is 10.1 Å². The largest absolute Gasteiger partial charge is 0.475 e. The topological polar surface area (TPSA) is 99.3 Å². The van der Waals surface area contributed by atoms with Gasteiger partial charge in [-0.2, -0.15) is 0 Å². The highest BCUT2D eigenvalue weighted by molar-refractivity contribution is 5.75. The van der Waals surface area contributed by atoms with E-state index in [2.05, 4.69) is 10.4 Å². The summed E-state index contributed by atoms with van der Waals surface area (Å²) < 4.78 is 5.93. The molecule has 1 N–H and O–H groups in total. The quantitative estimate of drug-likeness (QED) is 0.572. The van der Waals surface area contributed by atoms with E-state index in [4.69, 9.17) is 4.74 Å². The van der Waals surface area contributed by atoms with Crippen LogP contribution in [0.5, 0.6) is 5.88 Å². The van der Waals surface area contributed by atoms with Crippen LogP contribution < -0.4 is 10.1 Å². The van der Waals surface area contributed by atoms with E-state index in [1.807, 2.05) is 6.92 Å². The summed E-state index contributed by atoms with van der Waals surface area (Å²) in [4.78, 5) is 21.4. The first-order valence-corrected chi connectivity index (χ1v) is 5.11. The van der Waals surface area contributed by atoms with E-state index >= 15 is 0 Å². The number of carbonyl (C=O) groups excluding carboxylic acids is 1. The average molecular weight is 242 g/mol. The molecule has 8 nitrogen and oxygen atoms in total. The van der Waals surface area contributed by atoms with Crippen molar-refractivity contribution in [3.63, 3.8) is 0 Å². The fraction of sp³-hybridized carbons (Fsp3) is 0.556. The number of rotatable bonds is 6. The molecule has 0 aliphatic heterocycles. The number of nitrogens with one attached hydrogen (secondary N) is 1. The average Bonchev–Trinajstić information content (AvgIpc) is 2.69. The first kappa shape index (κ1) is 12.9. The van der Waals surface area contributed by atoms with Crippen molar-refractivity contribution >= 4 is 11.6 Å². The van der Waals surface area contributed by atoms with Crippen molar-refractivity contribution in [2.75, 3.05) is 13.7 Å². The Bertz CT molecular complexity index is 415. The van der Waals surface area contributed by atoms with Crippen LogP contribution in [-0.2, 0) is 11.3 Å². The highest BCUT2D eigenvalue weighted by Gasteiger charge is 2.20. The Hall–Kier alpha value is -2.12. The fourth-order valence-electron chi connectivity index (χ4n) is 1.21. The molecule has 0 spiro atoms. The highest BCUT2D eigenvalue weighted by Crippen LogP contribution is 2.23. The van der Waals surface area contributed by atoms with Crippen LogP contribution >= 0.6 is 0 Å². The van der Waals surface area contributed by atoms with Gasteiger partial charge in [0.25, 0.3) is 0 Å². The van der Waals surface area contributed by atoms with E-state index in [1.165, 1.54) is 18.0 Å². The van der Waals surface area contributed by atoms with Crippen LogP contribution in [0.2, 0.25) is 0 Å². The third kappa shape index (κ3) is 3.44. The lowest BCUT2D eigenvalue weighted by atomic mass is 10.4. The van der Waals surface area contributed by atoms with Crippen LogP contribution in [0.25, 0.3) is 0 Å². The normalized spacial score (nSPS) is 10.0. The van der Waals surface area contributed by atoms with Crippen molar-refractivity contribution in [3.05, 3.63) is 16.3 Å². The molecule has 0 saturated heterocycles. The van der Waals surface area contributed by atoms with E-state index in [1.54, 1.807) is 0 Å². The van der Waals surface area contributed by atoms with Crippen molar-refractivity contribution in [2.45, 2.75) is 19.9 Å². The van der Waals surface area contributed by atoms with Crippen LogP contribution in [-0.4, -0.2) is 34.3 Å². The zero-order chi connectivity index (χ0) is 12.8. The van der Waals surface area contributed by atoms with Gasteiger partial charge in [0.2, 0.25) is 5.91 Å². The van der Waals surface area contributed by atoms with Gasteiger partial charge in [-0.05, 0) is 6.42 Å². The van der Waals surface area contributed by atoms with Crippen molar-refractivity contribution < 1.29 is 14.5 Å². The number of ether oxygens (including phenoxy) is 1. The Morgan fingerprint density at radius 1 is 1.71 bits per heavy atom. The van der Waals surface area contributed by atoms with E-state index in [-0.39, 0.29) is 24.0 Å². The maximum Gasteiger partial charge on any atom is 0.350 e. The zero-order valence-corrected chi connectivity index (χ0v) is 9.67. The van der Waals surface area contributed by atoms with Gasteiger partial charge in [-0.15, -0.1) is 5.10 Å². The van der Waals surface area contributed by atoms with Crippen molar-refractivity contribution in [3.8, 4) is 5.88 Å². The number of aromatic nitrogens is 2. The van der Waals surface area contributed by atoms with Crippen molar-refractivity contribution in [1.29, 1.82) is 0 Å². The minimum atomic E-state index is -0.605. The lowest BCUT2D eigenvalue weighted by Gasteiger charge is -2.02. The summed E-state index contributed by atoms with van der Waals surface area (Å²) >= 11 is 0. The number of hydrogen-bond acceptors (Lipinski definition) is 5. The first-order valence-electron chi connectivity index (χ1n) is 5.11. The monoisotopic (exact) mass is 242 g/mol. The third-order valence-corrected chi connectivity index (χ3v) is 1.98. The summed E-state index contributed by atoms with van der Waals surface area (Å²) in [6.07, 6.45) is 2.00. The predicted octanol–water partition coefficient (Wildman–Crippen LogP) is 0.326. The molecule has 0 aliphatic carbocycles. The molecule has 1 aromatic rings. The number of nitrogens with zero attached hydrogens (tertiary/aromatic N) is 3. The Balaban J connectivity index is 2.72. The molecule has 0 bridgehead atoms. The summed E-state index contributed by atoms with van der Waals surface area (Å²) in [7, 11) is 1.29. The fourth-order valence-corrected chi connectivity index (χ4v) is 1.21. The Labute approximate surface area is 97.7 Å². The number of hydrogen-bond donors (Lipinski definition) is 1. The van der Waals surface area contributed by atoms with Crippen molar-refractivity contribution in [2.24, 2.45) is 0 Å². The first-order chi connectivity index (χ1) is 8.08. The zero-order valence-electron chi connectivity index (χ0n) is 9.67. The number of nitro groups is 1. The molecule has 0 saturated carbocycles. The molecule has 0 aliphatic rings. The van der Waals surface area contributed by atoms with E-state index in [0.29, 0.717) is 6.54 Å². The lowest BCUT2D eigenvalue weighted by molar-refractivity contribution is -0.385. The Morgan fingerprint density at radius 3 is 2.88 bits per heavy atom. The van der Waals surface area contributed by atoms with Gasteiger partial charge in [-0.1, -0.05) is 6.92 Å². The molecule has 0 atom stereocenters. The molecule has 0 radical (unpaired) electrons. The molecule has 1 rings (SSSR count). The highest BCUT2D eigenvalue weighted by atomic mass is 16.6. The molecular formula is C9H14N4O4. The lowest BCUT2D eigenvalue weighted by Crippen LogP contribution is -2.28. The maximum atomic E-state index is 11.4. The van der Waals surface area contributed by atoms with Gasteiger partial charge < -0.3 is 10.1 Å². The van der Waals surface area contributed by atoms with E-state index in [9.17, 15) is 14.9 Å². The Morgan fingerprint density at radius 2 is 2.41 bits per heavy atom. The van der Waals surface area contributed by atoms with Gasteiger partial charge in [0, 0.05) is 6.54 Å². The Kier molecular flexibility index (Phi) is 4.44. The molecule has 1 amide bonds. The van der Waals surface area contributed by atoms with Gasteiger partial charge in [-0.3, -0.25) is 19.6 Å². The van der Waals surface area contributed by atoms with Crippen LogP contribution in [0.15, 0.2) is 6.20 Å². The van der Waals surface area contributed by atoms with Gasteiger partial charge >= 0.3 is 11.6 Å². The van der Waals surface area contributed by atoms with Gasteiger partial charge in [0.15, 0.2) is 0 Å². The second-order valence-electron chi connectivity index (χ2n) is 3.33. The van der Waals surface area contributed by atoms with Gasteiger partial charge in [0.1, 0.15) is 12.7 Å². The molecule has 1 heterocycles. The van der Waals surface area contributed by atoms with Gasteiger partial charge in [0.05, 0.1) is 12.0 Å². The van der Waals surface area contributed by atoms with E-state index in [0.717, 1.165) is 6.42 Å². The van der Waals surface area contributed by atoms with Crippen LogP contribution in [0.4, 0.5) is 5.69 Å². The second-order valence-corrected chi connectivity index (χ2v) is 3.33. The number of amides is 1. The number of carbonyl (C=O) groups is 1. The van der Waals surface area contributed by atoms with E-state index < -0.39 is 4.92 Å². The smallest absolute Gasteiger partial charge is 0.350 e.